The third kappa shape index (κ3) is 2.96. The Bertz CT molecular complexity index is 868. The Morgan fingerprint density at radius 3 is 2.77 bits per heavy atom. The molecule has 1 aromatic carbocycles. The lowest BCUT2D eigenvalue weighted by Gasteiger charge is -2.12. The van der Waals surface area contributed by atoms with Gasteiger partial charge in [-0.2, -0.15) is 10.2 Å². The van der Waals surface area contributed by atoms with Gasteiger partial charge in [-0.25, -0.2) is 4.68 Å². The second-order valence-electron chi connectivity index (χ2n) is 5.16. The molecule has 0 saturated heterocycles. The zero-order chi connectivity index (χ0) is 15.7. The molecule has 0 aliphatic carbocycles. The number of nitrogens with zero attached hydrogens (tertiary/aromatic N) is 4. The van der Waals surface area contributed by atoms with Crippen molar-refractivity contribution in [1.29, 1.82) is 0 Å². The van der Waals surface area contributed by atoms with Gasteiger partial charge in [0.05, 0.1) is 12.4 Å². The van der Waals surface area contributed by atoms with Crippen molar-refractivity contribution in [2.45, 2.75) is 12.8 Å². The van der Waals surface area contributed by atoms with E-state index in [4.69, 9.17) is 0 Å². The molecule has 0 N–H and O–H groups in total. The predicted octanol–water partition coefficient (Wildman–Crippen LogP) is 2.72. The van der Waals surface area contributed by atoms with E-state index in [1.54, 1.807) is 27.8 Å². The minimum atomic E-state index is -0.0636. The molecule has 2 aromatic heterocycles. The van der Waals surface area contributed by atoms with Gasteiger partial charge in [-0.3, -0.25) is 9.48 Å². The first-order chi connectivity index (χ1) is 10.5. The van der Waals surface area contributed by atoms with Gasteiger partial charge in [-0.05, 0) is 40.3 Å². The van der Waals surface area contributed by atoms with Crippen LogP contribution in [0, 0.1) is 3.57 Å². The second kappa shape index (κ2) is 6.04. The molecule has 0 amide bonds. The first kappa shape index (κ1) is 15.0. The van der Waals surface area contributed by atoms with Gasteiger partial charge in [-0.1, -0.05) is 19.1 Å². The van der Waals surface area contributed by atoms with Crippen molar-refractivity contribution in [3.63, 3.8) is 0 Å². The molecular formula is C16H15IN4O. The van der Waals surface area contributed by atoms with Crippen LogP contribution >= 0.6 is 22.6 Å². The van der Waals surface area contributed by atoms with Gasteiger partial charge in [0.25, 0.3) is 0 Å². The Balaban J connectivity index is 2.05. The lowest BCUT2D eigenvalue weighted by atomic mass is 9.97. The van der Waals surface area contributed by atoms with Crippen molar-refractivity contribution in [3.05, 3.63) is 74.0 Å². The maximum absolute atomic E-state index is 12.2. The quantitative estimate of drug-likeness (QED) is 0.629. The molecule has 3 rings (SSSR count). The van der Waals surface area contributed by atoms with Crippen LogP contribution in [0.3, 0.4) is 0 Å². The van der Waals surface area contributed by atoms with Crippen molar-refractivity contribution >= 4 is 22.6 Å². The van der Waals surface area contributed by atoms with Crippen LogP contribution in [0.25, 0.3) is 5.69 Å². The normalized spacial score (nSPS) is 12.3. The maximum Gasteiger partial charge on any atom is 0.203 e. The summed E-state index contributed by atoms with van der Waals surface area (Å²) in [7, 11) is 1.85. The minimum Gasteiger partial charge on any atom is -0.288 e. The SMILES string of the molecule is CC(c1cccc(I)c1)c1nn(-c2cnn(C)c2)ccc1=O. The topological polar surface area (TPSA) is 52.7 Å². The number of hydrogen-bond donors (Lipinski definition) is 0. The van der Waals surface area contributed by atoms with E-state index in [-0.39, 0.29) is 11.3 Å². The van der Waals surface area contributed by atoms with Crippen molar-refractivity contribution in [3.8, 4) is 5.69 Å². The Hall–Kier alpha value is -1.96. The molecule has 0 bridgehead atoms. The van der Waals surface area contributed by atoms with E-state index in [9.17, 15) is 4.79 Å². The first-order valence-corrected chi connectivity index (χ1v) is 7.97. The van der Waals surface area contributed by atoms with Gasteiger partial charge in [0, 0.05) is 28.8 Å². The van der Waals surface area contributed by atoms with E-state index in [1.165, 1.54) is 0 Å². The molecule has 0 radical (unpaired) electrons. The van der Waals surface area contributed by atoms with Crippen LogP contribution < -0.4 is 5.43 Å². The zero-order valence-electron chi connectivity index (χ0n) is 12.3. The molecule has 5 nitrogen and oxygen atoms in total. The van der Waals surface area contributed by atoms with E-state index in [0.717, 1.165) is 14.8 Å². The highest BCUT2D eigenvalue weighted by Crippen LogP contribution is 2.22. The average Bonchev–Trinajstić information content (AvgIpc) is 2.93. The molecule has 0 aliphatic heterocycles. The molecule has 3 aromatic rings. The fraction of sp³-hybridized carbons (Fsp3) is 0.188. The van der Waals surface area contributed by atoms with Crippen LogP contribution in [0.15, 0.2) is 53.7 Å². The van der Waals surface area contributed by atoms with Gasteiger partial charge in [0.15, 0.2) is 0 Å². The van der Waals surface area contributed by atoms with E-state index in [0.29, 0.717) is 5.69 Å². The van der Waals surface area contributed by atoms with E-state index < -0.39 is 0 Å². The summed E-state index contributed by atoms with van der Waals surface area (Å²) in [6.07, 6.45) is 5.25. The third-order valence-corrected chi connectivity index (χ3v) is 4.22. The van der Waals surface area contributed by atoms with Gasteiger partial charge in [0.2, 0.25) is 5.43 Å². The Morgan fingerprint density at radius 1 is 1.27 bits per heavy atom. The van der Waals surface area contributed by atoms with Crippen LogP contribution in [0.4, 0.5) is 0 Å². The zero-order valence-corrected chi connectivity index (χ0v) is 14.4. The van der Waals surface area contributed by atoms with Crippen molar-refractivity contribution in [2.24, 2.45) is 7.05 Å². The molecule has 0 spiro atoms. The molecule has 1 unspecified atom stereocenters. The highest BCUT2D eigenvalue weighted by atomic mass is 127. The van der Waals surface area contributed by atoms with Crippen LogP contribution in [0.1, 0.15) is 24.1 Å². The molecule has 0 saturated carbocycles. The highest BCUT2D eigenvalue weighted by molar-refractivity contribution is 14.1. The predicted molar refractivity (Wildman–Crippen MR) is 93.3 cm³/mol. The number of rotatable bonds is 3. The molecular weight excluding hydrogens is 391 g/mol. The summed E-state index contributed by atoms with van der Waals surface area (Å²) in [6.45, 7) is 2.00. The first-order valence-electron chi connectivity index (χ1n) is 6.89. The number of aromatic nitrogens is 4. The number of aryl methyl sites for hydroxylation is 1. The van der Waals surface area contributed by atoms with Crippen molar-refractivity contribution in [1.82, 2.24) is 19.6 Å². The molecule has 2 heterocycles. The molecule has 0 aliphatic rings. The molecule has 22 heavy (non-hydrogen) atoms. The average molecular weight is 406 g/mol. The second-order valence-corrected chi connectivity index (χ2v) is 6.40. The lowest BCUT2D eigenvalue weighted by molar-refractivity contribution is 0.738. The van der Waals surface area contributed by atoms with E-state index in [1.807, 2.05) is 38.4 Å². The monoisotopic (exact) mass is 406 g/mol. The van der Waals surface area contributed by atoms with Crippen LogP contribution in [-0.4, -0.2) is 19.6 Å². The lowest BCUT2D eigenvalue weighted by Crippen LogP contribution is -2.18. The van der Waals surface area contributed by atoms with Gasteiger partial charge in [-0.15, -0.1) is 0 Å². The molecule has 1 atom stereocenters. The Morgan fingerprint density at radius 2 is 2.09 bits per heavy atom. The van der Waals surface area contributed by atoms with Crippen molar-refractivity contribution in [2.75, 3.05) is 0 Å². The highest BCUT2D eigenvalue weighted by Gasteiger charge is 2.15. The standard InChI is InChI=1S/C16H15IN4O/c1-11(12-4-3-5-13(17)8-12)16-15(22)6-7-21(19-16)14-9-18-20(2)10-14/h3-11H,1-2H3. The summed E-state index contributed by atoms with van der Waals surface area (Å²) in [5.74, 6) is -0.0636. The maximum atomic E-state index is 12.2. The van der Waals surface area contributed by atoms with Gasteiger partial charge >= 0.3 is 0 Å². The van der Waals surface area contributed by atoms with E-state index >= 15 is 0 Å². The summed E-state index contributed by atoms with van der Waals surface area (Å²) in [5.41, 5.74) is 2.40. The smallest absolute Gasteiger partial charge is 0.203 e. The van der Waals surface area contributed by atoms with Crippen molar-refractivity contribution < 1.29 is 0 Å². The number of hydrogen-bond acceptors (Lipinski definition) is 3. The molecule has 112 valence electrons. The van der Waals surface area contributed by atoms with Crippen LogP contribution in [0.5, 0.6) is 0 Å². The Kier molecular flexibility index (Phi) is 4.10. The molecule has 6 heteroatoms. The summed E-state index contributed by atoms with van der Waals surface area (Å²) in [6, 6.07) is 9.68. The fourth-order valence-corrected chi connectivity index (χ4v) is 2.89. The summed E-state index contributed by atoms with van der Waals surface area (Å²) in [5, 5.41) is 8.65. The number of benzene rings is 1. The number of halogens is 1. The largest absolute Gasteiger partial charge is 0.288 e. The minimum absolute atomic E-state index is 0.0495. The summed E-state index contributed by atoms with van der Waals surface area (Å²) < 4.78 is 4.54. The fourth-order valence-electron chi connectivity index (χ4n) is 2.33. The van der Waals surface area contributed by atoms with Crippen LogP contribution in [-0.2, 0) is 7.05 Å². The Labute approximate surface area is 141 Å². The summed E-state index contributed by atoms with van der Waals surface area (Å²) >= 11 is 2.27. The summed E-state index contributed by atoms with van der Waals surface area (Å²) in [4.78, 5) is 12.2. The van der Waals surface area contributed by atoms with Crippen LogP contribution in [0.2, 0.25) is 0 Å². The van der Waals surface area contributed by atoms with Gasteiger partial charge in [0.1, 0.15) is 11.4 Å². The van der Waals surface area contributed by atoms with Gasteiger partial charge < -0.3 is 0 Å². The van der Waals surface area contributed by atoms with E-state index in [2.05, 4.69) is 38.9 Å². The third-order valence-electron chi connectivity index (χ3n) is 3.55. The molecule has 0 fully saturated rings.